The van der Waals surface area contributed by atoms with Crippen molar-refractivity contribution in [1.29, 1.82) is 0 Å². The number of ether oxygens (including phenoxy) is 1. The van der Waals surface area contributed by atoms with Crippen LogP contribution in [0.4, 0.5) is 5.69 Å². The molecule has 3 aliphatic rings. The number of nitrogens with zero attached hydrogens (tertiary/aromatic N) is 3. The summed E-state index contributed by atoms with van der Waals surface area (Å²) in [5.74, 6) is 7.13. The van der Waals surface area contributed by atoms with Gasteiger partial charge in [0, 0.05) is 30.8 Å². The van der Waals surface area contributed by atoms with Crippen LogP contribution in [0.1, 0.15) is 31.0 Å². The first-order chi connectivity index (χ1) is 13.2. The molecule has 0 saturated carbocycles. The minimum absolute atomic E-state index is 0.107. The van der Waals surface area contributed by atoms with Gasteiger partial charge in [-0.1, -0.05) is 12.0 Å². The van der Waals surface area contributed by atoms with Gasteiger partial charge in [0.05, 0.1) is 0 Å². The van der Waals surface area contributed by atoms with E-state index < -0.39 is 0 Å². The zero-order valence-corrected chi connectivity index (χ0v) is 15.3. The lowest BCUT2D eigenvalue weighted by molar-refractivity contribution is -0.114. The van der Waals surface area contributed by atoms with Crippen LogP contribution in [0.2, 0.25) is 0 Å². The van der Waals surface area contributed by atoms with Crippen molar-refractivity contribution in [1.82, 2.24) is 15.1 Å². The number of hydrogen-bond acceptors (Lipinski definition) is 5. The van der Waals surface area contributed by atoms with Crippen LogP contribution in [-0.4, -0.2) is 46.7 Å². The molecule has 5 rings (SSSR count). The summed E-state index contributed by atoms with van der Waals surface area (Å²) in [5.41, 5.74) is 2.11. The summed E-state index contributed by atoms with van der Waals surface area (Å²) in [6.07, 6.45) is 2.63. The Morgan fingerprint density at radius 1 is 1.19 bits per heavy atom. The molecule has 3 fully saturated rings. The van der Waals surface area contributed by atoms with Crippen LogP contribution in [0.5, 0.6) is 5.88 Å². The number of rotatable bonds is 3. The largest absolute Gasteiger partial charge is 0.472 e. The zero-order valence-electron chi connectivity index (χ0n) is 15.3. The van der Waals surface area contributed by atoms with E-state index in [1.54, 1.807) is 0 Å². The molecule has 1 amide bonds. The quantitative estimate of drug-likeness (QED) is 0.849. The van der Waals surface area contributed by atoms with Crippen molar-refractivity contribution < 1.29 is 9.53 Å². The predicted octanol–water partition coefficient (Wildman–Crippen LogP) is 2.31. The lowest BCUT2D eigenvalue weighted by Crippen LogP contribution is -2.52. The molecule has 6 heteroatoms. The molecule has 6 nitrogen and oxygen atoms in total. The van der Waals surface area contributed by atoms with E-state index in [0.717, 1.165) is 17.8 Å². The van der Waals surface area contributed by atoms with Crippen LogP contribution in [0.3, 0.4) is 0 Å². The maximum absolute atomic E-state index is 11.1. The van der Waals surface area contributed by atoms with E-state index in [1.165, 1.54) is 32.9 Å². The molecule has 2 aromatic rings. The van der Waals surface area contributed by atoms with Crippen molar-refractivity contribution in [3.8, 4) is 17.7 Å². The second-order valence-electron chi connectivity index (χ2n) is 7.06. The number of anilines is 1. The third-order valence-electron chi connectivity index (χ3n) is 5.03. The molecule has 138 valence electrons. The van der Waals surface area contributed by atoms with Gasteiger partial charge in [-0.05, 0) is 62.0 Å². The lowest BCUT2D eigenvalue weighted by Gasteiger charge is -2.44. The van der Waals surface area contributed by atoms with Gasteiger partial charge in [0.2, 0.25) is 11.8 Å². The predicted molar refractivity (Wildman–Crippen MR) is 102 cm³/mol. The van der Waals surface area contributed by atoms with Gasteiger partial charge in [-0.25, -0.2) is 0 Å². The van der Waals surface area contributed by atoms with Crippen LogP contribution in [-0.2, 0) is 4.79 Å². The van der Waals surface area contributed by atoms with Gasteiger partial charge in [-0.15, -0.1) is 10.2 Å². The molecule has 4 heterocycles. The van der Waals surface area contributed by atoms with E-state index in [4.69, 9.17) is 4.74 Å². The first kappa shape index (κ1) is 17.5. The van der Waals surface area contributed by atoms with Gasteiger partial charge in [-0.2, -0.15) is 0 Å². The molecule has 1 N–H and O–H groups in total. The molecule has 3 aliphatic heterocycles. The molecule has 1 atom stereocenters. The average Bonchev–Trinajstić information content (AvgIpc) is 2.68. The number of fused-ring (bicyclic) bond motifs is 3. The summed E-state index contributed by atoms with van der Waals surface area (Å²) in [6, 6.07) is 11.1. The average molecular weight is 362 g/mol. The number of aromatic nitrogens is 2. The Bertz CT molecular complexity index is 877. The molecule has 27 heavy (non-hydrogen) atoms. The van der Waals surface area contributed by atoms with E-state index >= 15 is 0 Å². The first-order valence-corrected chi connectivity index (χ1v) is 9.28. The summed E-state index contributed by atoms with van der Waals surface area (Å²) < 4.78 is 6.06. The summed E-state index contributed by atoms with van der Waals surface area (Å²) in [4.78, 5) is 13.6. The normalized spacial score (nSPS) is 23.2. The maximum Gasteiger partial charge on any atom is 0.233 e. The van der Waals surface area contributed by atoms with E-state index in [9.17, 15) is 4.79 Å². The second-order valence-corrected chi connectivity index (χ2v) is 7.06. The van der Waals surface area contributed by atoms with Crippen molar-refractivity contribution in [3.63, 3.8) is 0 Å². The molecule has 1 aromatic heterocycles. The van der Waals surface area contributed by atoms with Crippen LogP contribution < -0.4 is 10.1 Å². The summed E-state index contributed by atoms with van der Waals surface area (Å²) in [7, 11) is 0. The van der Waals surface area contributed by atoms with Gasteiger partial charge >= 0.3 is 0 Å². The van der Waals surface area contributed by atoms with E-state index in [1.807, 2.05) is 36.4 Å². The molecule has 1 aromatic carbocycles. The van der Waals surface area contributed by atoms with Crippen molar-refractivity contribution in [2.45, 2.75) is 25.9 Å². The molecule has 0 aliphatic carbocycles. The molecule has 1 unspecified atom stereocenters. The van der Waals surface area contributed by atoms with Crippen molar-refractivity contribution in [2.24, 2.45) is 5.92 Å². The Morgan fingerprint density at radius 3 is 2.70 bits per heavy atom. The molecular weight excluding hydrogens is 340 g/mol. The molecule has 0 radical (unpaired) electrons. The third kappa shape index (κ3) is 4.44. The second kappa shape index (κ2) is 7.77. The van der Waals surface area contributed by atoms with Crippen LogP contribution in [0.25, 0.3) is 0 Å². The fourth-order valence-electron chi connectivity index (χ4n) is 3.66. The van der Waals surface area contributed by atoms with Crippen molar-refractivity contribution in [3.05, 3.63) is 47.7 Å². The summed E-state index contributed by atoms with van der Waals surface area (Å²) in [6.45, 7) is 4.84. The first-order valence-electron chi connectivity index (χ1n) is 9.28. The highest BCUT2D eigenvalue weighted by Crippen LogP contribution is 2.29. The summed E-state index contributed by atoms with van der Waals surface area (Å²) >= 11 is 0. The fourth-order valence-corrected chi connectivity index (χ4v) is 3.66. The minimum atomic E-state index is -0.107. The highest BCUT2D eigenvalue weighted by atomic mass is 16.5. The van der Waals surface area contributed by atoms with E-state index in [2.05, 4.69) is 32.3 Å². The Kier molecular flexibility index (Phi) is 5.03. The highest BCUT2D eigenvalue weighted by Gasteiger charge is 2.35. The fraction of sp³-hybridized carbons (Fsp3) is 0.381. The number of amides is 1. The number of benzene rings is 1. The Morgan fingerprint density at radius 2 is 2.04 bits per heavy atom. The van der Waals surface area contributed by atoms with Gasteiger partial charge in [0.1, 0.15) is 11.8 Å². The molecular formula is C21H22N4O2. The van der Waals surface area contributed by atoms with Gasteiger partial charge < -0.3 is 10.1 Å². The number of carbonyl (C=O) groups excluding carboxylic acids is 1. The van der Waals surface area contributed by atoms with Gasteiger partial charge in [0.25, 0.3) is 0 Å². The third-order valence-corrected chi connectivity index (χ3v) is 5.03. The van der Waals surface area contributed by atoms with E-state index in [0.29, 0.717) is 17.5 Å². The van der Waals surface area contributed by atoms with Crippen LogP contribution in [0, 0.1) is 17.8 Å². The Balaban J connectivity index is 1.40. The van der Waals surface area contributed by atoms with Gasteiger partial charge in [-0.3, -0.25) is 9.69 Å². The lowest BCUT2D eigenvalue weighted by atomic mass is 9.86. The topological polar surface area (TPSA) is 67.3 Å². The van der Waals surface area contributed by atoms with E-state index in [-0.39, 0.29) is 12.0 Å². The molecule has 0 spiro atoms. The minimum Gasteiger partial charge on any atom is -0.472 e. The van der Waals surface area contributed by atoms with Crippen molar-refractivity contribution in [2.75, 3.05) is 25.0 Å². The summed E-state index contributed by atoms with van der Waals surface area (Å²) in [5, 5.41) is 11.1. The van der Waals surface area contributed by atoms with Crippen LogP contribution in [0.15, 0.2) is 36.4 Å². The smallest absolute Gasteiger partial charge is 0.233 e. The Labute approximate surface area is 158 Å². The number of hydrogen-bond donors (Lipinski definition) is 1. The molecule has 3 saturated heterocycles. The monoisotopic (exact) mass is 362 g/mol. The SMILES string of the molecule is CC(=O)Nc1cccc(C#Cc2ccc(OC3CN4CCC3CC4)nn2)c1. The highest BCUT2D eigenvalue weighted by molar-refractivity contribution is 5.88. The number of nitrogens with one attached hydrogen (secondary N) is 1. The Hall–Kier alpha value is -2.91. The standard InChI is InChI=1S/C21H22N4O2/c1-15(26)22-19-4-2-3-16(13-19)5-6-18-7-8-21(24-23-18)27-20-14-25-11-9-17(20)10-12-25/h2-4,7-8,13,17,20H,9-12,14H2,1H3,(H,22,26). The van der Waals surface area contributed by atoms with Crippen molar-refractivity contribution >= 4 is 11.6 Å². The maximum atomic E-state index is 11.1. The number of piperidine rings is 3. The van der Waals surface area contributed by atoms with Gasteiger partial charge in [0.15, 0.2) is 0 Å². The zero-order chi connectivity index (χ0) is 18.6. The van der Waals surface area contributed by atoms with Crippen LogP contribution >= 0.6 is 0 Å². The molecule has 2 bridgehead atoms. The number of carbonyl (C=O) groups is 1.